The third-order valence-corrected chi connectivity index (χ3v) is 4.89. The van der Waals surface area contributed by atoms with Crippen molar-refractivity contribution in [2.24, 2.45) is 0 Å². The molecule has 2 amide bonds. The molecule has 1 N–H and O–H groups in total. The van der Waals surface area contributed by atoms with Crippen LogP contribution in [0.5, 0.6) is 11.5 Å². The third kappa shape index (κ3) is 2.69. The fourth-order valence-electron chi connectivity index (χ4n) is 3.68. The Hall–Kier alpha value is -2.69. The monoisotopic (exact) mass is 338 g/mol. The van der Waals surface area contributed by atoms with Crippen molar-refractivity contribution in [2.75, 3.05) is 6.61 Å². The lowest BCUT2D eigenvalue weighted by atomic mass is 9.90. The quantitative estimate of drug-likeness (QED) is 0.921. The Balaban J connectivity index is 1.71. The molecule has 0 spiro atoms. The van der Waals surface area contributed by atoms with Crippen molar-refractivity contribution in [2.45, 2.75) is 38.6 Å². The summed E-state index contributed by atoms with van der Waals surface area (Å²) in [6.45, 7) is 5.00. The van der Waals surface area contributed by atoms with Crippen molar-refractivity contribution >= 4 is 6.03 Å². The third-order valence-electron chi connectivity index (χ3n) is 4.89. The molecular formula is C20H22N2O3. The molecule has 2 aromatic rings. The first-order valence-corrected chi connectivity index (χ1v) is 8.67. The number of hydrogen-bond donors (Lipinski definition) is 1. The van der Waals surface area contributed by atoms with Crippen molar-refractivity contribution in [1.29, 1.82) is 0 Å². The summed E-state index contributed by atoms with van der Waals surface area (Å²) in [5.41, 5.74) is 1.35. The zero-order valence-corrected chi connectivity index (χ0v) is 14.5. The van der Waals surface area contributed by atoms with E-state index >= 15 is 0 Å². The summed E-state index contributed by atoms with van der Waals surface area (Å²) in [5, 5.41) is 3.12. The Morgan fingerprint density at radius 1 is 1.24 bits per heavy atom. The molecule has 2 aromatic carbocycles. The van der Waals surface area contributed by atoms with Gasteiger partial charge in [0, 0.05) is 12.0 Å². The number of nitrogens with zero attached hydrogens (tertiary/aromatic N) is 1. The minimum Gasteiger partial charge on any atom is -0.490 e. The molecule has 4 rings (SSSR count). The van der Waals surface area contributed by atoms with Crippen LogP contribution in [0, 0.1) is 0 Å². The fraction of sp³-hybridized carbons (Fsp3) is 0.350. The first kappa shape index (κ1) is 15.8. The number of amides is 2. The van der Waals surface area contributed by atoms with Crippen LogP contribution in [0.25, 0.3) is 0 Å². The maximum absolute atomic E-state index is 12.7. The Morgan fingerprint density at radius 3 is 2.80 bits per heavy atom. The van der Waals surface area contributed by atoms with E-state index in [0.29, 0.717) is 19.6 Å². The number of carbonyl (C=O) groups excluding carboxylic acids is 1. The molecule has 2 aliphatic heterocycles. The number of nitrogens with one attached hydrogen (secondary N) is 1. The number of urea groups is 1. The van der Waals surface area contributed by atoms with E-state index in [9.17, 15) is 4.79 Å². The number of hydrogen-bond acceptors (Lipinski definition) is 3. The molecule has 2 atom stereocenters. The predicted octanol–water partition coefficient (Wildman–Crippen LogP) is 3.85. The van der Waals surface area contributed by atoms with Crippen molar-refractivity contribution in [1.82, 2.24) is 10.2 Å². The number of rotatable bonds is 4. The summed E-state index contributed by atoms with van der Waals surface area (Å²) in [6.07, 6.45) is 0.703. The van der Waals surface area contributed by atoms with Crippen LogP contribution in [0.4, 0.5) is 4.79 Å². The van der Waals surface area contributed by atoms with Crippen LogP contribution in [0.15, 0.2) is 48.5 Å². The first-order valence-electron chi connectivity index (χ1n) is 8.67. The van der Waals surface area contributed by atoms with Gasteiger partial charge in [-0.05, 0) is 25.5 Å². The van der Waals surface area contributed by atoms with Gasteiger partial charge in [0.05, 0.1) is 19.2 Å². The molecule has 0 saturated carbocycles. The van der Waals surface area contributed by atoms with Crippen molar-refractivity contribution < 1.29 is 14.3 Å². The molecule has 25 heavy (non-hydrogen) atoms. The minimum absolute atomic E-state index is 0.0614. The second-order valence-corrected chi connectivity index (χ2v) is 6.66. The second kappa shape index (κ2) is 5.99. The molecule has 0 radical (unpaired) electrons. The van der Waals surface area contributed by atoms with Crippen LogP contribution < -0.4 is 14.8 Å². The maximum Gasteiger partial charge on any atom is 0.321 e. The molecule has 130 valence electrons. The van der Waals surface area contributed by atoms with Crippen molar-refractivity contribution in [3.05, 3.63) is 59.7 Å². The lowest BCUT2D eigenvalue weighted by Gasteiger charge is -2.51. The predicted molar refractivity (Wildman–Crippen MR) is 94.5 cm³/mol. The lowest BCUT2D eigenvalue weighted by molar-refractivity contribution is -0.0893. The Bertz CT molecular complexity index is 793. The molecule has 1 saturated heterocycles. The van der Waals surface area contributed by atoms with Gasteiger partial charge in [-0.25, -0.2) is 4.79 Å². The summed E-state index contributed by atoms with van der Waals surface area (Å²) in [5.74, 6) is 1.47. The Kier molecular flexibility index (Phi) is 3.79. The van der Waals surface area contributed by atoms with Gasteiger partial charge in [0.1, 0.15) is 0 Å². The van der Waals surface area contributed by atoms with Crippen LogP contribution in [0.2, 0.25) is 0 Å². The topological polar surface area (TPSA) is 50.8 Å². The van der Waals surface area contributed by atoms with Gasteiger partial charge >= 0.3 is 6.03 Å². The van der Waals surface area contributed by atoms with Crippen LogP contribution in [0.1, 0.15) is 37.4 Å². The maximum atomic E-state index is 12.7. The summed E-state index contributed by atoms with van der Waals surface area (Å²) in [6, 6.07) is 15.7. The van der Waals surface area contributed by atoms with Gasteiger partial charge in [0.25, 0.3) is 0 Å². The zero-order valence-electron chi connectivity index (χ0n) is 14.5. The molecule has 2 aliphatic rings. The van der Waals surface area contributed by atoms with E-state index in [0.717, 1.165) is 22.6 Å². The average Bonchev–Trinajstić information content (AvgIpc) is 2.60. The number of ether oxygens (including phenoxy) is 2. The second-order valence-electron chi connectivity index (χ2n) is 6.66. The van der Waals surface area contributed by atoms with E-state index in [4.69, 9.17) is 9.47 Å². The summed E-state index contributed by atoms with van der Waals surface area (Å²) >= 11 is 0. The minimum atomic E-state index is -0.705. The molecule has 2 bridgehead atoms. The standard InChI is InChI=1S/C20H22N2O3/c1-3-24-17-11-7-10-15-16-12-20(2,25-18(15)17)22(19(23)21-16)13-14-8-5-4-6-9-14/h4-11,16H,3,12-13H2,1-2H3,(H,21,23)/t16-,20+/m0/s1. The van der Waals surface area contributed by atoms with Gasteiger partial charge in [-0.2, -0.15) is 0 Å². The van der Waals surface area contributed by atoms with E-state index in [-0.39, 0.29) is 12.1 Å². The molecule has 5 heteroatoms. The Morgan fingerprint density at radius 2 is 2.04 bits per heavy atom. The van der Waals surface area contributed by atoms with Crippen molar-refractivity contribution in [3.8, 4) is 11.5 Å². The summed E-state index contributed by atoms with van der Waals surface area (Å²) < 4.78 is 12.1. The SMILES string of the molecule is CCOc1cccc2c1O[C@]1(C)C[C@@H]2NC(=O)N1Cc1ccccc1. The molecule has 5 nitrogen and oxygen atoms in total. The molecule has 2 heterocycles. The highest BCUT2D eigenvalue weighted by Gasteiger charge is 2.49. The highest BCUT2D eigenvalue weighted by atomic mass is 16.5. The van der Waals surface area contributed by atoms with Gasteiger partial charge in [-0.3, -0.25) is 4.90 Å². The van der Waals surface area contributed by atoms with Crippen LogP contribution in [-0.4, -0.2) is 23.3 Å². The summed E-state index contributed by atoms with van der Waals surface area (Å²) in [4.78, 5) is 14.5. The van der Waals surface area contributed by atoms with Crippen LogP contribution in [-0.2, 0) is 6.54 Å². The molecule has 0 aromatic heterocycles. The average molecular weight is 338 g/mol. The highest BCUT2D eigenvalue weighted by Crippen LogP contribution is 2.48. The van der Waals surface area contributed by atoms with Gasteiger partial charge in [0.15, 0.2) is 17.2 Å². The molecule has 1 fully saturated rings. The van der Waals surface area contributed by atoms with Crippen LogP contribution in [0.3, 0.4) is 0 Å². The van der Waals surface area contributed by atoms with E-state index < -0.39 is 5.72 Å². The van der Waals surface area contributed by atoms with E-state index in [1.54, 1.807) is 4.90 Å². The lowest BCUT2D eigenvalue weighted by Crippen LogP contribution is -2.64. The van der Waals surface area contributed by atoms with E-state index in [1.165, 1.54) is 0 Å². The number of fused-ring (bicyclic) bond motifs is 4. The smallest absolute Gasteiger partial charge is 0.321 e. The molecular weight excluding hydrogens is 316 g/mol. The molecule has 0 aliphatic carbocycles. The first-order chi connectivity index (χ1) is 12.1. The van der Waals surface area contributed by atoms with E-state index in [2.05, 4.69) is 5.32 Å². The van der Waals surface area contributed by atoms with Crippen molar-refractivity contribution in [3.63, 3.8) is 0 Å². The van der Waals surface area contributed by atoms with Crippen LogP contribution >= 0.6 is 0 Å². The normalized spacial score (nSPS) is 24.2. The van der Waals surface area contributed by atoms with Gasteiger partial charge in [-0.15, -0.1) is 0 Å². The largest absolute Gasteiger partial charge is 0.490 e. The highest BCUT2D eigenvalue weighted by molar-refractivity contribution is 5.77. The van der Waals surface area contributed by atoms with Gasteiger partial charge in [-0.1, -0.05) is 42.5 Å². The number of para-hydroxylation sites is 1. The number of benzene rings is 2. The van der Waals surface area contributed by atoms with E-state index in [1.807, 2.05) is 62.4 Å². The summed E-state index contributed by atoms with van der Waals surface area (Å²) in [7, 11) is 0. The number of carbonyl (C=O) groups is 1. The Labute approximate surface area is 147 Å². The zero-order chi connectivity index (χ0) is 17.4. The molecule has 0 unspecified atom stereocenters. The fourth-order valence-corrected chi connectivity index (χ4v) is 3.68. The van der Waals surface area contributed by atoms with Gasteiger partial charge in [0.2, 0.25) is 0 Å². The van der Waals surface area contributed by atoms with Gasteiger partial charge < -0.3 is 14.8 Å².